The zero-order valence-corrected chi connectivity index (χ0v) is 30.3. The van der Waals surface area contributed by atoms with E-state index in [1.54, 1.807) is 0 Å². The molecule has 0 aliphatic carbocycles. The molecule has 0 heterocycles. The fraction of sp³-hybridized carbons (Fsp3) is 0.512. The Labute approximate surface area is 300 Å². The Bertz CT molecular complexity index is 1160. The third-order valence-corrected chi connectivity index (χ3v) is 7.09. The maximum atomic E-state index is 12.6. The highest BCUT2D eigenvalue weighted by Crippen LogP contribution is 2.13. The van der Waals surface area contributed by atoms with E-state index < -0.39 is 24.5 Å². The second-order valence-electron chi connectivity index (χ2n) is 11.6. The zero-order chi connectivity index (χ0) is 36.9. The summed E-state index contributed by atoms with van der Waals surface area (Å²) in [6.07, 6.45) is 44.7. The molecule has 0 aromatic carbocycles. The van der Waals surface area contributed by atoms with Gasteiger partial charge in [-0.05, 0) is 76.7 Å². The molecule has 278 valence electrons. The van der Waals surface area contributed by atoms with Gasteiger partial charge in [0.15, 0.2) is 0 Å². The normalized spacial score (nSPS) is 13.7. The maximum absolute atomic E-state index is 12.6. The van der Waals surface area contributed by atoms with Gasteiger partial charge in [-0.25, -0.2) is 4.79 Å². The summed E-state index contributed by atoms with van der Waals surface area (Å²) < 4.78 is 5.78. The first kappa shape index (κ1) is 45.8. The van der Waals surface area contributed by atoms with Crippen molar-refractivity contribution in [2.75, 3.05) is 13.2 Å². The molecule has 0 fully saturated rings. The number of hydrogen-bond acceptors (Lipinski definition) is 6. The molecule has 50 heavy (non-hydrogen) atoms. The van der Waals surface area contributed by atoms with E-state index in [0.29, 0.717) is 12.8 Å². The number of allylic oxidation sites excluding steroid dienone is 14. The Balaban J connectivity index is 4.54. The molecule has 0 aromatic rings. The SMILES string of the molecule is CC/C=C\C/C=C\C/C=C\C/C=C\C/C=C\CC(=O)OC(/C=C\C/C=C\C/C=C\CC)CCCCCCC(=O)NCC(=O)NC(CO)C(=O)O. The van der Waals surface area contributed by atoms with E-state index in [4.69, 9.17) is 14.9 Å². The first-order valence-electron chi connectivity index (χ1n) is 18.1. The van der Waals surface area contributed by atoms with E-state index in [2.05, 4.69) is 97.4 Å². The van der Waals surface area contributed by atoms with Gasteiger partial charge in [0.1, 0.15) is 12.1 Å². The predicted molar refractivity (Wildman–Crippen MR) is 203 cm³/mol. The van der Waals surface area contributed by atoms with Crippen LogP contribution >= 0.6 is 0 Å². The van der Waals surface area contributed by atoms with E-state index in [1.807, 2.05) is 24.3 Å². The number of aliphatic carboxylic acids is 1. The fourth-order valence-corrected chi connectivity index (χ4v) is 4.37. The lowest BCUT2D eigenvalue weighted by atomic mass is 10.1. The van der Waals surface area contributed by atoms with Gasteiger partial charge in [-0.3, -0.25) is 14.4 Å². The van der Waals surface area contributed by atoms with E-state index in [0.717, 1.165) is 70.6 Å². The van der Waals surface area contributed by atoms with Crippen molar-refractivity contribution >= 4 is 23.8 Å². The van der Waals surface area contributed by atoms with Crippen molar-refractivity contribution in [3.8, 4) is 0 Å². The standard InChI is InChI=1S/C41H62N2O7/c1-3-5-7-9-11-13-14-15-16-17-18-19-21-23-29-33-40(47)50-36(30-26-22-20-12-10-8-6-4-2)31-27-24-25-28-32-38(45)42-34-39(46)43-37(35-44)41(48)49/h5-8,11-13,15-16,18-20,23,26,29-30,36-37,44H,3-4,9-10,14,17,21-22,24-25,27-28,31-35H2,1-2H3,(H,42,45)(H,43,46)(H,48,49)/b7-5-,8-6-,13-11-,16-15-,19-18-,20-12-,29-23-,30-26-. The Morgan fingerprint density at radius 2 is 1.10 bits per heavy atom. The van der Waals surface area contributed by atoms with Crippen molar-refractivity contribution in [1.29, 1.82) is 0 Å². The number of carbonyl (C=O) groups is 4. The highest BCUT2D eigenvalue weighted by molar-refractivity contribution is 5.87. The first-order chi connectivity index (χ1) is 24.3. The molecule has 0 aromatic heterocycles. The number of aliphatic hydroxyl groups excluding tert-OH is 1. The maximum Gasteiger partial charge on any atom is 0.328 e. The second-order valence-corrected chi connectivity index (χ2v) is 11.6. The number of nitrogens with one attached hydrogen (secondary N) is 2. The molecule has 2 unspecified atom stereocenters. The molecule has 2 amide bonds. The summed E-state index contributed by atoms with van der Waals surface area (Å²) in [5, 5.41) is 22.4. The molecule has 0 aliphatic heterocycles. The zero-order valence-electron chi connectivity index (χ0n) is 30.3. The van der Waals surface area contributed by atoms with Gasteiger partial charge >= 0.3 is 11.9 Å². The van der Waals surface area contributed by atoms with Gasteiger partial charge in [0, 0.05) is 6.42 Å². The number of carboxylic acid groups (broad SMARTS) is 1. The highest BCUT2D eigenvalue weighted by atomic mass is 16.5. The number of carboxylic acids is 1. The van der Waals surface area contributed by atoms with E-state index in [1.165, 1.54) is 0 Å². The molecule has 0 rings (SSSR count). The first-order valence-corrected chi connectivity index (χ1v) is 18.1. The van der Waals surface area contributed by atoms with Crippen molar-refractivity contribution in [3.05, 3.63) is 97.2 Å². The molecular formula is C41H62N2O7. The van der Waals surface area contributed by atoms with Crippen molar-refractivity contribution in [3.63, 3.8) is 0 Å². The lowest BCUT2D eigenvalue weighted by Crippen LogP contribution is -2.47. The molecule has 0 saturated carbocycles. The lowest BCUT2D eigenvalue weighted by Gasteiger charge is -2.14. The van der Waals surface area contributed by atoms with Crippen LogP contribution in [-0.4, -0.2) is 59.3 Å². The summed E-state index contributed by atoms with van der Waals surface area (Å²) in [5.74, 6) is -2.61. The molecule has 2 atom stereocenters. The number of aliphatic hydroxyl groups is 1. The number of carbonyl (C=O) groups excluding carboxylic acids is 3. The van der Waals surface area contributed by atoms with Crippen LogP contribution < -0.4 is 10.6 Å². The van der Waals surface area contributed by atoms with Crippen LogP contribution in [0.15, 0.2) is 97.2 Å². The molecule has 0 bridgehead atoms. The minimum absolute atomic E-state index is 0.214. The van der Waals surface area contributed by atoms with Crippen LogP contribution in [0.1, 0.15) is 110 Å². The largest absolute Gasteiger partial charge is 0.480 e. The Morgan fingerprint density at radius 1 is 0.620 bits per heavy atom. The van der Waals surface area contributed by atoms with Crippen LogP contribution in [0.25, 0.3) is 0 Å². The molecule has 9 nitrogen and oxygen atoms in total. The number of unbranched alkanes of at least 4 members (excludes halogenated alkanes) is 3. The number of amides is 2. The van der Waals surface area contributed by atoms with Crippen LogP contribution in [0.2, 0.25) is 0 Å². The number of esters is 1. The van der Waals surface area contributed by atoms with Crippen molar-refractivity contribution in [2.45, 2.75) is 122 Å². The van der Waals surface area contributed by atoms with E-state index in [9.17, 15) is 19.2 Å². The summed E-state index contributed by atoms with van der Waals surface area (Å²) in [4.78, 5) is 47.3. The summed E-state index contributed by atoms with van der Waals surface area (Å²) in [6.45, 7) is 3.15. The van der Waals surface area contributed by atoms with Gasteiger partial charge < -0.3 is 25.6 Å². The third kappa shape index (κ3) is 31.1. The summed E-state index contributed by atoms with van der Waals surface area (Å²) in [7, 11) is 0. The average molecular weight is 695 g/mol. The van der Waals surface area contributed by atoms with Crippen LogP contribution in [0.5, 0.6) is 0 Å². The number of rotatable bonds is 30. The fourth-order valence-electron chi connectivity index (χ4n) is 4.37. The molecular weight excluding hydrogens is 632 g/mol. The Hall–Kier alpha value is -4.24. The Kier molecular flexibility index (Phi) is 31.7. The predicted octanol–water partition coefficient (Wildman–Crippen LogP) is 7.92. The molecule has 4 N–H and O–H groups in total. The second kappa shape index (κ2) is 34.6. The van der Waals surface area contributed by atoms with Crippen molar-refractivity contribution < 1.29 is 34.1 Å². The van der Waals surface area contributed by atoms with Crippen LogP contribution in [0.4, 0.5) is 0 Å². The molecule has 0 radical (unpaired) electrons. The van der Waals surface area contributed by atoms with Crippen LogP contribution in [0, 0.1) is 0 Å². The van der Waals surface area contributed by atoms with Gasteiger partial charge in [0.05, 0.1) is 19.6 Å². The minimum Gasteiger partial charge on any atom is -0.480 e. The van der Waals surface area contributed by atoms with Gasteiger partial charge in [-0.2, -0.15) is 0 Å². The third-order valence-electron chi connectivity index (χ3n) is 7.09. The molecule has 9 heteroatoms. The van der Waals surface area contributed by atoms with Gasteiger partial charge in [-0.15, -0.1) is 0 Å². The van der Waals surface area contributed by atoms with Gasteiger partial charge in [0.2, 0.25) is 11.8 Å². The summed E-state index contributed by atoms with van der Waals surface area (Å²) in [5.41, 5.74) is 0. The smallest absolute Gasteiger partial charge is 0.328 e. The summed E-state index contributed by atoms with van der Waals surface area (Å²) in [6, 6.07) is -1.40. The molecule has 0 aliphatic rings. The van der Waals surface area contributed by atoms with E-state index in [-0.39, 0.29) is 37.4 Å². The van der Waals surface area contributed by atoms with Crippen LogP contribution in [-0.2, 0) is 23.9 Å². The van der Waals surface area contributed by atoms with Gasteiger partial charge in [-0.1, -0.05) is 118 Å². The highest BCUT2D eigenvalue weighted by Gasteiger charge is 2.18. The lowest BCUT2D eigenvalue weighted by molar-refractivity contribution is -0.146. The monoisotopic (exact) mass is 694 g/mol. The summed E-state index contributed by atoms with van der Waals surface area (Å²) >= 11 is 0. The number of ether oxygens (including phenoxy) is 1. The topological polar surface area (TPSA) is 142 Å². The van der Waals surface area contributed by atoms with Crippen LogP contribution in [0.3, 0.4) is 0 Å². The van der Waals surface area contributed by atoms with Crippen molar-refractivity contribution in [1.82, 2.24) is 10.6 Å². The molecule has 0 saturated heterocycles. The minimum atomic E-state index is -1.40. The quantitative estimate of drug-likeness (QED) is 0.0340. The van der Waals surface area contributed by atoms with Crippen molar-refractivity contribution in [2.24, 2.45) is 0 Å². The van der Waals surface area contributed by atoms with E-state index >= 15 is 0 Å². The average Bonchev–Trinajstić information content (AvgIpc) is 3.10. The number of hydrogen-bond donors (Lipinski definition) is 4. The van der Waals surface area contributed by atoms with Gasteiger partial charge in [0.25, 0.3) is 0 Å². The molecule has 0 spiro atoms. The Morgan fingerprint density at radius 3 is 1.60 bits per heavy atom.